The Balaban J connectivity index is 1.78. The average molecular weight is 431 g/mol. The van der Waals surface area contributed by atoms with Crippen LogP contribution >= 0.6 is 0 Å². The Morgan fingerprint density at radius 1 is 1.00 bits per heavy atom. The van der Waals surface area contributed by atoms with Crippen molar-refractivity contribution in [2.75, 3.05) is 9.80 Å². The molecule has 2 amide bonds. The zero-order valence-corrected chi connectivity index (χ0v) is 18.6. The molecule has 3 aromatic rings. The van der Waals surface area contributed by atoms with Gasteiger partial charge in [0.1, 0.15) is 5.82 Å². The lowest BCUT2D eigenvalue weighted by Crippen LogP contribution is -2.47. The van der Waals surface area contributed by atoms with Crippen LogP contribution < -0.4 is 9.80 Å². The summed E-state index contributed by atoms with van der Waals surface area (Å²) in [5.74, 6) is -0.508. The number of hydrogen-bond acceptors (Lipinski definition) is 2. The van der Waals surface area contributed by atoms with Crippen LogP contribution in [0.15, 0.2) is 72.8 Å². The molecule has 3 aromatic carbocycles. The first-order valence-corrected chi connectivity index (χ1v) is 11.0. The lowest BCUT2D eigenvalue weighted by atomic mass is 9.89. The first-order valence-electron chi connectivity index (χ1n) is 11.0. The van der Waals surface area contributed by atoms with Gasteiger partial charge in [-0.2, -0.15) is 0 Å². The molecular formula is C27H27FN2O2. The number of para-hydroxylation sites is 1. The number of benzene rings is 3. The summed E-state index contributed by atoms with van der Waals surface area (Å²) in [7, 11) is 0. The molecule has 0 aromatic heterocycles. The Kier molecular flexibility index (Phi) is 6.08. The third kappa shape index (κ3) is 4.03. The lowest BCUT2D eigenvalue weighted by molar-refractivity contribution is -0.118. The van der Waals surface area contributed by atoms with Crippen LogP contribution in [0.25, 0.3) is 0 Å². The molecule has 1 heterocycles. The lowest BCUT2D eigenvalue weighted by Gasteiger charge is -2.43. The third-order valence-electron chi connectivity index (χ3n) is 6.07. The van der Waals surface area contributed by atoms with Crippen molar-refractivity contribution in [1.82, 2.24) is 0 Å². The Morgan fingerprint density at radius 2 is 1.66 bits per heavy atom. The Labute approximate surface area is 188 Å². The molecule has 1 aliphatic heterocycles. The van der Waals surface area contributed by atoms with E-state index in [2.05, 4.69) is 0 Å². The zero-order valence-electron chi connectivity index (χ0n) is 18.6. The molecule has 4 nitrogen and oxygen atoms in total. The van der Waals surface area contributed by atoms with E-state index in [0.717, 1.165) is 22.5 Å². The van der Waals surface area contributed by atoms with Gasteiger partial charge in [0.15, 0.2) is 0 Å². The fourth-order valence-electron chi connectivity index (χ4n) is 4.44. The van der Waals surface area contributed by atoms with Crippen molar-refractivity contribution in [2.24, 2.45) is 0 Å². The highest BCUT2D eigenvalue weighted by Gasteiger charge is 2.38. The van der Waals surface area contributed by atoms with Gasteiger partial charge in [-0.25, -0.2) is 4.39 Å². The number of amides is 2. The van der Waals surface area contributed by atoms with Gasteiger partial charge in [-0.15, -0.1) is 0 Å². The molecule has 5 heteroatoms. The fourth-order valence-corrected chi connectivity index (χ4v) is 4.44. The SMILES string of the molecule is CCC(=O)N(c1ccc(C)cc1)[C@@H]1C[C@H](C)N(C(=O)c2ccc(F)cc2)c2ccccc21. The second kappa shape index (κ2) is 8.95. The fraction of sp³-hybridized carbons (Fsp3) is 0.259. The summed E-state index contributed by atoms with van der Waals surface area (Å²) >= 11 is 0. The molecule has 2 atom stereocenters. The van der Waals surface area contributed by atoms with Crippen LogP contribution in [0.1, 0.15) is 54.2 Å². The number of carbonyl (C=O) groups is 2. The van der Waals surface area contributed by atoms with Gasteiger partial charge in [0.05, 0.1) is 6.04 Å². The van der Waals surface area contributed by atoms with Gasteiger partial charge in [0.25, 0.3) is 5.91 Å². The van der Waals surface area contributed by atoms with Crippen molar-refractivity contribution in [3.05, 3.63) is 95.3 Å². The van der Waals surface area contributed by atoms with Crippen molar-refractivity contribution in [2.45, 2.75) is 45.7 Å². The molecule has 0 unspecified atom stereocenters. The van der Waals surface area contributed by atoms with E-state index in [1.165, 1.54) is 24.3 Å². The molecule has 0 fully saturated rings. The smallest absolute Gasteiger partial charge is 0.258 e. The number of aryl methyl sites for hydroxylation is 1. The van der Waals surface area contributed by atoms with Crippen LogP contribution in [-0.4, -0.2) is 17.9 Å². The van der Waals surface area contributed by atoms with Gasteiger partial charge in [0, 0.05) is 29.4 Å². The van der Waals surface area contributed by atoms with Gasteiger partial charge in [-0.3, -0.25) is 9.59 Å². The Bertz CT molecular complexity index is 1130. The molecule has 0 bridgehead atoms. The molecule has 32 heavy (non-hydrogen) atoms. The molecule has 0 saturated heterocycles. The van der Waals surface area contributed by atoms with E-state index in [1.807, 2.05) is 74.2 Å². The molecule has 4 rings (SSSR count). The van der Waals surface area contributed by atoms with Gasteiger partial charge in [0.2, 0.25) is 5.91 Å². The average Bonchev–Trinajstić information content (AvgIpc) is 2.80. The number of rotatable bonds is 4. The van der Waals surface area contributed by atoms with Crippen LogP contribution in [0.3, 0.4) is 0 Å². The van der Waals surface area contributed by atoms with Crippen molar-refractivity contribution >= 4 is 23.2 Å². The summed E-state index contributed by atoms with van der Waals surface area (Å²) in [5.41, 5.74) is 4.14. The quantitative estimate of drug-likeness (QED) is 0.505. The summed E-state index contributed by atoms with van der Waals surface area (Å²) in [6, 6.07) is 21.0. The van der Waals surface area contributed by atoms with Crippen LogP contribution in [-0.2, 0) is 4.79 Å². The van der Waals surface area contributed by atoms with Crippen LogP contribution in [0.2, 0.25) is 0 Å². The monoisotopic (exact) mass is 430 g/mol. The minimum Gasteiger partial charge on any atom is -0.305 e. The van der Waals surface area contributed by atoms with Crippen molar-refractivity contribution in [3.8, 4) is 0 Å². The maximum Gasteiger partial charge on any atom is 0.258 e. The maximum atomic E-state index is 13.4. The van der Waals surface area contributed by atoms with Gasteiger partial charge < -0.3 is 9.80 Å². The van der Waals surface area contributed by atoms with Gasteiger partial charge in [-0.05, 0) is 68.3 Å². The van der Waals surface area contributed by atoms with E-state index in [4.69, 9.17) is 0 Å². The Hall–Kier alpha value is -3.47. The van der Waals surface area contributed by atoms with Crippen LogP contribution in [0.5, 0.6) is 0 Å². The van der Waals surface area contributed by atoms with Crippen molar-refractivity contribution < 1.29 is 14.0 Å². The summed E-state index contributed by atoms with van der Waals surface area (Å²) in [4.78, 5) is 30.1. The van der Waals surface area contributed by atoms with E-state index >= 15 is 0 Å². The topological polar surface area (TPSA) is 40.6 Å². The van der Waals surface area contributed by atoms with E-state index in [-0.39, 0.29) is 29.7 Å². The molecule has 0 aliphatic carbocycles. The number of fused-ring (bicyclic) bond motifs is 1. The second-order valence-electron chi connectivity index (χ2n) is 8.29. The number of carbonyl (C=O) groups excluding carboxylic acids is 2. The minimum atomic E-state index is -0.375. The van der Waals surface area contributed by atoms with E-state index < -0.39 is 0 Å². The van der Waals surface area contributed by atoms with Gasteiger partial charge >= 0.3 is 0 Å². The summed E-state index contributed by atoms with van der Waals surface area (Å²) in [6.07, 6.45) is 0.989. The van der Waals surface area contributed by atoms with Crippen molar-refractivity contribution in [3.63, 3.8) is 0 Å². The highest BCUT2D eigenvalue weighted by Crippen LogP contribution is 2.43. The first-order chi connectivity index (χ1) is 15.4. The second-order valence-corrected chi connectivity index (χ2v) is 8.29. The number of anilines is 2. The van der Waals surface area contributed by atoms with Crippen LogP contribution in [0, 0.1) is 12.7 Å². The molecule has 0 N–H and O–H groups in total. The molecular weight excluding hydrogens is 403 g/mol. The largest absolute Gasteiger partial charge is 0.305 e. The molecule has 0 saturated carbocycles. The van der Waals surface area contributed by atoms with E-state index in [1.54, 1.807) is 4.90 Å². The number of hydrogen-bond donors (Lipinski definition) is 0. The normalized spacial score (nSPS) is 17.6. The molecule has 0 radical (unpaired) electrons. The standard InChI is InChI=1S/C27H27FN2O2/c1-4-26(31)30(22-15-9-18(2)10-16-22)25-17-19(3)29(24-8-6-5-7-23(24)25)27(32)20-11-13-21(28)14-12-20/h5-16,19,25H,4,17H2,1-3H3/t19-,25+/m0/s1. The third-order valence-corrected chi connectivity index (χ3v) is 6.07. The van der Waals surface area contributed by atoms with E-state index in [9.17, 15) is 14.0 Å². The van der Waals surface area contributed by atoms with Crippen LogP contribution in [0.4, 0.5) is 15.8 Å². The molecule has 0 spiro atoms. The predicted octanol–water partition coefficient (Wildman–Crippen LogP) is 6.06. The zero-order chi connectivity index (χ0) is 22.8. The molecule has 164 valence electrons. The Morgan fingerprint density at radius 3 is 2.31 bits per heavy atom. The summed E-state index contributed by atoms with van der Waals surface area (Å²) in [5, 5.41) is 0. The van der Waals surface area contributed by atoms with Crippen molar-refractivity contribution in [1.29, 1.82) is 0 Å². The van der Waals surface area contributed by atoms with E-state index in [0.29, 0.717) is 18.4 Å². The predicted molar refractivity (Wildman–Crippen MR) is 125 cm³/mol. The maximum absolute atomic E-state index is 13.4. The summed E-state index contributed by atoms with van der Waals surface area (Å²) in [6.45, 7) is 5.88. The summed E-state index contributed by atoms with van der Waals surface area (Å²) < 4.78 is 13.4. The highest BCUT2D eigenvalue weighted by molar-refractivity contribution is 6.07. The highest BCUT2D eigenvalue weighted by atomic mass is 19.1. The number of halogens is 1. The number of nitrogens with zero attached hydrogens (tertiary/aromatic N) is 2. The first kappa shape index (κ1) is 21.8. The molecule has 1 aliphatic rings. The van der Waals surface area contributed by atoms with Gasteiger partial charge in [-0.1, -0.05) is 42.8 Å². The minimum absolute atomic E-state index is 0.0409.